The van der Waals surface area contributed by atoms with Crippen molar-refractivity contribution in [1.82, 2.24) is 5.43 Å². The molecule has 1 amide bonds. The molecule has 1 fully saturated rings. The van der Waals surface area contributed by atoms with Crippen LogP contribution in [0, 0.1) is 0 Å². The molecule has 3 rings (SSSR count). The minimum absolute atomic E-state index is 0.190. The number of hydrazine groups is 1. The second kappa shape index (κ2) is 7.76. The average molecular weight is 312 g/mol. The van der Waals surface area contributed by atoms with E-state index < -0.39 is 6.10 Å². The van der Waals surface area contributed by atoms with Crippen LogP contribution < -0.4 is 10.4 Å². The molecule has 5 heteroatoms. The van der Waals surface area contributed by atoms with Gasteiger partial charge in [-0.3, -0.25) is 15.2 Å². The first-order valence-electron chi connectivity index (χ1n) is 7.69. The topological polar surface area (TPSA) is 50.8 Å². The quantitative estimate of drug-likeness (QED) is 0.860. The summed E-state index contributed by atoms with van der Waals surface area (Å²) in [6, 6.07) is 19.8. The van der Waals surface area contributed by atoms with Crippen LogP contribution >= 0.6 is 0 Å². The molecule has 1 N–H and O–H groups in total. The molecule has 23 heavy (non-hydrogen) atoms. The number of rotatable bonds is 5. The normalized spacial score (nSPS) is 17.5. The molecule has 120 valence electrons. The highest BCUT2D eigenvalue weighted by molar-refractivity contribution is 5.82. The van der Waals surface area contributed by atoms with E-state index in [0.717, 1.165) is 11.3 Å². The van der Waals surface area contributed by atoms with E-state index >= 15 is 0 Å². The summed E-state index contributed by atoms with van der Waals surface area (Å²) >= 11 is 0. The number of nitrogens with one attached hydrogen (secondary N) is 1. The summed E-state index contributed by atoms with van der Waals surface area (Å²) in [5, 5.41) is 1.83. The van der Waals surface area contributed by atoms with Gasteiger partial charge in [-0.1, -0.05) is 48.5 Å². The molecule has 0 saturated carbocycles. The number of carbonyl (C=O) groups excluding carboxylic acids is 1. The first-order valence-corrected chi connectivity index (χ1v) is 7.69. The summed E-state index contributed by atoms with van der Waals surface area (Å²) < 4.78 is 10.8. The lowest BCUT2D eigenvalue weighted by Gasteiger charge is -2.29. The molecule has 2 aromatic carbocycles. The molecule has 0 bridgehead atoms. The van der Waals surface area contributed by atoms with E-state index in [4.69, 9.17) is 9.47 Å². The number of para-hydroxylation sites is 1. The number of benzene rings is 2. The Balaban J connectivity index is 1.73. The van der Waals surface area contributed by atoms with Gasteiger partial charge in [0, 0.05) is 0 Å². The molecule has 0 radical (unpaired) electrons. The van der Waals surface area contributed by atoms with Crippen LogP contribution in [0.3, 0.4) is 0 Å². The van der Waals surface area contributed by atoms with Crippen LogP contribution in [0.15, 0.2) is 60.7 Å². The summed E-state index contributed by atoms with van der Waals surface area (Å²) in [6.07, 6.45) is -0.564. The fraction of sp³-hybridized carbons (Fsp3) is 0.278. The molecule has 2 aromatic rings. The van der Waals surface area contributed by atoms with Crippen molar-refractivity contribution in [3.05, 3.63) is 66.2 Å². The van der Waals surface area contributed by atoms with E-state index in [9.17, 15) is 4.79 Å². The van der Waals surface area contributed by atoms with Crippen LogP contribution in [-0.4, -0.2) is 31.8 Å². The molecular weight excluding hydrogens is 292 g/mol. The van der Waals surface area contributed by atoms with Gasteiger partial charge in [-0.15, -0.1) is 0 Å². The second-order valence-corrected chi connectivity index (χ2v) is 5.32. The van der Waals surface area contributed by atoms with E-state index in [-0.39, 0.29) is 5.91 Å². The molecule has 5 nitrogen and oxygen atoms in total. The van der Waals surface area contributed by atoms with Crippen molar-refractivity contribution in [2.75, 3.05) is 24.8 Å². The second-order valence-electron chi connectivity index (χ2n) is 5.32. The maximum atomic E-state index is 12.4. The van der Waals surface area contributed by atoms with Crippen molar-refractivity contribution < 1.29 is 14.3 Å². The molecule has 1 atom stereocenters. The number of hydrogen-bond donors (Lipinski definition) is 1. The van der Waals surface area contributed by atoms with Crippen molar-refractivity contribution >= 4 is 11.6 Å². The Morgan fingerprint density at radius 1 is 1.04 bits per heavy atom. The number of carbonyl (C=O) groups is 1. The lowest BCUT2D eigenvalue weighted by Crippen LogP contribution is -2.50. The minimum atomic E-state index is -0.564. The Morgan fingerprint density at radius 2 is 1.74 bits per heavy atom. The van der Waals surface area contributed by atoms with Gasteiger partial charge in [0.25, 0.3) is 5.91 Å². The van der Waals surface area contributed by atoms with Gasteiger partial charge < -0.3 is 9.47 Å². The van der Waals surface area contributed by atoms with Gasteiger partial charge in [-0.05, 0) is 17.7 Å². The molecule has 0 spiro atoms. The lowest BCUT2D eigenvalue weighted by molar-refractivity contribution is -0.147. The van der Waals surface area contributed by atoms with Gasteiger partial charge in [0.15, 0.2) is 6.10 Å². The van der Waals surface area contributed by atoms with Gasteiger partial charge in [0.1, 0.15) is 0 Å². The summed E-state index contributed by atoms with van der Waals surface area (Å²) in [4.78, 5) is 12.4. The Kier molecular flexibility index (Phi) is 5.24. The first kappa shape index (κ1) is 15.5. The predicted octanol–water partition coefficient (Wildman–Crippen LogP) is 2.14. The van der Waals surface area contributed by atoms with Crippen LogP contribution in [0.4, 0.5) is 5.69 Å². The van der Waals surface area contributed by atoms with E-state index in [1.54, 1.807) is 0 Å². The lowest BCUT2D eigenvalue weighted by atomic mass is 10.2. The highest BCUT2D eigenvalue weighted by atomic mass is 16.6. The van der Waals surface area contributed by atoms with Gasteiger partial charge in [0.2, 0.25) is 0 Å². The number of amides is 1. The molecule has 1 saturated heterocycles. The molecule has 0 aliphatic carbocycles. The van der Waals surface area contributed by atoms with Crippen molar-refractivity contribution in [2.24, 2.45) is 0 Å². The van der Waals surface area contributed by atoms with Gasteiger partial charge in [-0.2, -0.15) is 0 Å². The van der Waals surface area contributed by atoms with E-state index in [0.29, 0.717) is 26.4 Å². The fourth-order valence-corrected chi connectivity index (χ4v) is 2.41. The molecule has 1 heterocycles. The van der Waals surface area contributed by atoms with Crippen LogP contribution in [0.5, 0.6) is 0 Å². The van der Waals surface area contributed by atoms with Crippen LogP contribution in [0.2, 0.25) is 0 Å². The Bertz CT molecular complexity index is 613. The maximum Gasteiger partial charge on any atom is 0.270 e. The average Bonchev–Trinajstić information content (AvgIpc) is 2.63. The van der Waals surface area contributed by atoms with Crippen molar-refractivity contribution in [1.29, 1.82) is 0 Å². The third-order valence-corrected chi connectivity index (χ3v) is 3.60. The van der Waals surface area contributed by atoms with Gasteiger partial charge >= 0.3 is 0 Å². The highest BCUT2D eigenvalue weighted by Crippen LogP contribution is 2.15. The fourth-order valence-electron chi connectivity index (χ4n) is 2.41. The summed E-state index contributed by atoms with van der Waals surface area (Å²) in [7, 11) is 0. The molecule has 0 aromatic heterocycles. The minimum Gasteiger partial charge on any atom is -0.376 e. The van der Waals surface area contributed by atoms with Crippen molar-refractivity contribution in [3.63, 3.8) is 0 Å². The van der Waals surface area contributed by atoms with E-state index in [2.05, 4.69) is 5.43 Å². The van der Waals surface area contributed by atoms with Gasteiger partial charge in [-0.25, -0.2) is 0 Å². The van der Waals surface area contributed by atoms with Crippen LogP contribution in [-0.2, 0) is 20.8 Å². The zero-order valence-electron chi connectivity index (χ0n) is 12.9. The predicted molar refractivity (Wildman–Crippen MR) is 87.8 cm³/mol. The largest absolute Gasteiger partial charge is 0.376 e. The van der Waals surface area contributed by atoms with Crippen molar-refractivity contribution in [2.45, 2.75) is 12.6 Å². The summed E-state index contributed by atoms with van der Waals surface area (Å²) in [5.74, 6) is -0.190. The molecule has 1 aliphatic rings. The van der Waals surface area contributed by atoms with E-state index in [1.807, 2.05) is 65.7 Å². The third kappa shape index (κ3) is 4.31. The zero-order valence-corrected chi connectivity index (χ0v) is 12.9. The Labute approximate surface area is 135 Å². The Morgan fingerprint density at radius 3 is 2.39 bits per heavy atom. The maximum absolute atomic E-state index is 12.4. The number of anilines is 1. The standard InChI is InChI=1S/C18H20N2O3/c21-18(17-14-22-11-12-23-17)19-20(16-9-5-2-6-10-16)13-15-7-3-1-4-8-15/h1-10,17H,11-14H2,(H,19,21)/t17-/m0/s1. The first-order chi connectivity index (χ1) is 11.3. The van der Waals surface area contributed by atoms with Gasteiger partial charge in [0.05, 0.1) is 32.1 Å². The number of nitrogens with zero attached hydrogens (tertiary/aromatic N) is 1. The number of hydrogen-bond acceptors (Lipinski definition) is 4. The highest BCUT2D eigenvalue weighted by Gasteiger charge is 2.24. The summed E-state index contributed by atoms with van der Waals surface area (Å²) in [5.41, 5.74) is 4.97. The van der Waals surface area contributed by atoms with Crippen LogP contribution in [0.1, 0.15) is 5.56 Å². The van der Waals surface area contributed by atoms with Crippen molar-refractivity contribution in [3.8, 4) is 0 Å². The molecule has 1 aliphatic heterocycles. The SMILES string of the molecule is O=C(NN(Cc1ccccc1)c1ccccc1)[C@@H]1COCCO1. The monoisotopic (exact) mass is 312 g/mol. The zero-order chi connectivity index (χ0) is 15.9. The molecular formula is C18H20N2O3. The number of ether oxygens (including phenoxy) is 2. The van der Waals surface area contributed by atoms with Crippen LogP contribution in [0.25, 0.3) is 0 Å². The van der Waals surface area contributed by atoms with E-state index in [1.165, 1.54) is 0 Å². The molecule has 0 unspecified atom stereocenters. The third-order valence-electron chi connectivity index (χ3n) is 3.60. The smallest absolute Gasteiger partial charge is 0.270 e. The Hall–Kier alpha value is -2.37. The summed E-state index contributed by atoms with van der Waals surface area (Å²) in [6.45, 7) is 1.85.